The first-order valence-corrected chi connectivity index (χ1v) is 10.8. The molecule has 3 N–H and O–H groups in total. The van der Waals surface area contributed by atoms with Gasteiger partial charge in [0.05, 0.1) is 16.6 Å². The van der Waals surface area contributed by atoms with E-state index < -0.39 is 9.53 Å². The van der Waals surface area contributed by atoms with Crippen molar-refractivity contribution in [1.82, 2.24) is 5.32 Å². The molecule has 3 rings (SSSR count). The molecule has 0 aromatic heterocycles. The lowest BCUT2D eigenvalue weighted by atomic mass is 9.97. The van der Waals surface area contributed by atoms with Gasteiger partial charge in [0, 0.05) is 24.9 Å². The average molecular weight is 383 g/mol. The van der Waals surface area contributed by atoms with E-state index in [4.69, 9.17) is 16.7 Å². The van der Waals surface area contributed by atoms with E-state index >= 15 is 0 Å². The molecule has 2 aromatic rings. The molecule has 7 heteroatoms. The zero-order valence-corrected chi connectivity index (χ0v) is 15.8. The maximum Gasteiger partial charge on any atom is 0.0800 e. The summed E-state index contributed by atoms with van der Waals surface area (Å²) in [6.45, 7) is 0.672. The minimum Gasteiger partial charge on any atom is -0.396 e. The molecule has 1 unspecified atom stereocenters. The van der Waals surface area contributed by atoms with Crippen LogP contribution < -0.4 is 9.62 Å². The number of hydrogen-bond donors (Lipinski definition) is 3. The number of aliphatic hydroxyl groups excluding tert-OH is 1. The van der Waals surface area contributed by atoms with Gasteiger partial charge in [-0.1, -0.05) is 35.9 Å². The smallest absolute Gasteiger partial charge is 0.0800 e. The molecule has 0 amide bonds. The van der Waals surface area contributed by atoms with Crippen molar-refractivity contribution in [2.24, 2.45) is 0 Å². The van der Waals surface area contributed by atoms with Gasteiger partial charge in [-0.3, -0.25) is 8.86 Å². The van der Waals surface area contributed by atoms with Gasteiger partial charge in [-0.15, -0.1) is 9.53 Å². The summed E-state index contributed by atoms with van der Waals surface area (Å²) in [7, 11) is -2.69. The molecule has 0 bridgehead atoms. The lowest BCUT2D eigenvalue weighted by Crippen LogP contribution is -2.47. The van der Waals surface area contributed by atoms with Crippen molar-refractivity contribution in [2.45, 2.75) is 17.4 Å². The molecular weight excluding hydrogens is 360 g/mol. The Labute approximate surface area is 153 Å². The monoisotopic (exact) mass is 382 g/mol. The summed E-state index contributed by atoms with van der Waals surface area (Å²) in [5, 5.41) is 12.9. The third-order valence-corrected chi connectivity index (χ3v) is 7.80. The van der Waals surface area contributed by atoms with Gasteiger partial charge >= 0.3 is 0 Å². The van der Waals surface area contributed by atoms with Crippen LogP contribution in [0.1, 0.15) is 23.6 Å². The highest BCUT2D eigenvalue weighted by Gasteiger charge is 2.39. The Morgan fingerprint density at radius 2 is 1.96 bits per heavy atom. The van der Waals surface area contributed by atoms with Crippen molar-refractivity contribution in [1.29, 1.82) is 0 Å². The summed E-state index contributed by atoms with van der Waals surface area (Å²) in [6, 6.07) is 12.4. The second-order valence-electron chi connectivity index (χ2n) is 6.44. The molecule has 1 atom stereocenters. The Kier molecular flexibility index (Phi) is 4.68. The fourth-order valence-corrected chi connectivity index (χ4v) is 5.55. The van der Waals surface area contributed by atoms with Crippen LogP contribution in [0.3, 0.4) is 0 Å². The summed E-state index contributed by atoms with van der Waals surface area (Å²) in [5.41, 5.74) is 2.33. The summed E-state index contributed by atoms with van der Waals surface area (Å²) in [6.07, 6.45) is 1.96. The molecule has 0 spiro atoms. The molecular formula is C18H23ClN2O3S. The van der Waals surface area contributed by atoms with Crippen LogP contribution in [-0.4, -0.2) is 40.3 Å². The maximum absolute atomic E-state index is 13.7. The number of fused-ring (bicyclic) bond motifs is 2. The van der Waals surface area contributed by atoms with Crippen molar-refractivity contribution in [3.63, 3.8) is 0 Å². The Hall–Kier alpha value is -1.44. The first-order valence-electron chi connectivity index (χ1n) is 8.11. The highest BCUT2D eigenvalue weighted by atomic mass is 35.5. The van der Waals surface area contributed by atoms with Gasteiger partial charge in [0.15, 0.2) is 0 Å². The van der Waals surface area contributed by atoms with Crippen molar-refractivity contribution in [3.8, 4) is 0 Å². The van der Waals surface area contributed by atoms with Crippen LogP contribution in [0.25, 0.3) is 0 Å². The molecule has 0 saturated heterocycles. The lowest BCUT2D eigenvalue weighted by Gasteiger charge is -2.48. The quantitative estimate of drug-likeness (QED) is 0.710. The van der Waals surface area contributed by atoms with Crippen LogP contribution >= 0.6 is 11.6 Å². The Morgan fingerprint density at radius 1 is 1.24 bits per heavy atom. The number of para-hydroxylation sites is 1. The van der Waals surface area contributed by atoms with Gasteiger partial charge in [-0.2, -0.15) is 4.21 Å². The zero-order chi connectivity index (χ0) is 18.3. The van der Waals surface area contributed by atoms with Gasteiger partial charge in [-0.05, 0) is 42.3 Å². The number of benzene rings is 2. The van der Waals surface area contributed by atoms with E-state index in [0.717, 1.165) is 11.1 Å². The third kappa shape index (κ3) is 3.09. The van der Waals surface area contributed by atoms with Crippen LogP contribution in [0, 0.1) is 0 Å². The number of hydrogen-bond acceptors (Lipinski definition) is 3. The predicted octanol–water partition coefficient (Wildman–Crippen LogP) is 3.05. The summed E-state index contributed by atoms with van der Waals surface area (Å²) in [4.78, 5) is 0.324. The molecule has 0 fully saturated rings. The van der Waals surface area contributed by atoms with Crippen molar-refractivity contribution in [3.05, 3.63) is 58.6 Å². The Morgan fingerprint density at radius 3 is 2.68 bits per heavy atom. The number of nitrogens with zero attached hydrogens (tertiary/aromatic N) is 1. The van der Waals surface area contributed by atoms with Gasteiger partial charge in [0.25, 0.3) is 0 Å². The molecule has 1 heterocycles. The van der Waals surface area contributed by atoms with Gasteiger partial charge in [0.1, 0.15) is 0 Å². The van der Waals surface area contributed by atoms with Crippen LogP contribution in [0.15, 0.2) is 47.4 Å². The number of nitrogens with one attached hydrogen (secondary N) is 1. The van der Waals surface area contributed by atoms with Crippen molar-refractivity contribution in [2.75, 3.05) is 30.8 Å². The lowest BCUT2D eigenvalue weighted by molar-refractivity contribution is 0.284. The summed E-state index contributed by atoms with van der Waals surface area (Å²) in [5.74, 6) is 0. The van der Waals surface area contributed by atoms with E-state index in [0.29, 0.717) is 28.6 Å². The molecule has 1 aliphatic heterocycles. The van der Waals surface area contributed by atoms with Gasteiger partial charge in [-0.25, -0.2) is 0 Å². The number of anilines is 1. The summed E-state index contributed by atoms with van der Waals surface area (Å²) < 4.78 is 26.4. The Bertz CT molecular complexity index is 865. The highest BCUT2D eigenvalue weighted by molar-refractivity contribution is 8.15. The molecule has 25 heavy (non-hydrogen) atoms. The second kappa shape index (κ2) is 6.37. The first kappa shape index (κ1) is 18.4. The van der Waals surface area contributed by atoms with Crippen LogP contribution in [0.4, 0.5) is 5.69 Å². The van der Waals surface area contributed by atoms with Crippen LogP contribution in [-0.2, 0) is 9.53 Å². The van der Waals surface area contributed by atoms with E-state index in [-0.39, 0.29) is 12.6 Å². The minimum absolute atomic E-state index is 0.0855. The average Bonchev–Trinajstić information content (AvgIpc) is 2.63. The number of rotatable bonds is 4. The summed E-state index contributed by atoms with van der Waals surface area (Å²) >= 11 is 6.15. The van der Waals surface area contributed by atoms with Crippen LogP contribution in [0.2, 0.25) is 5.02 Å². The molecule has 5 nitrogen and oxygen atoms in total. The standard InChI is InChI=1S/C18H23ClN2O3S/c1-21-16-7-4-3-6-14(16)18(20-10-5-11-22)15-9-8-13(19)12-17(15)25(21,2,23)24/h3-4,6-9,12,18,20,22H,5,10-11H2,1-2H3,(H,23,24). The first-order chi connectivity index (χ1) is 11.7. The van der Waals surface area contributed by atoms with E-state index in [1.165, 1.54) is 10.6 Å². The molecule has 136 valence electrons. The molecule has 0 radical (unpaired) electrons. The van der Waals surface area contributed by atoms with Gasteiger partial charge < -0.3 is 10.4 Å². The Balaban J connectivity index is 2.29. The molecule has 1 aliphatic rings. The van der Waals surface area contributed by atoms with E-state index in [1.807, 2.05) is 24.3 Å². The zero-order valence-electron chi connectivity index (χ0n) is 14.3. The fraction of sp³-hybridized carbons (Fsp3) is 0.333. The van der Waals surface area contributed by atoms with Gasteiger partial charge in [0.2, 0.25) is 0 Å². The topological polar surface area (TPSA) is 72.8 Å². The van der Waals surface area contributed by atoms with E-state index in [2.05, 4.69) is 5.32 Å². The van der Waals surface area contributed by atoms with E-state index in [1.54, 1.807) is 25.2 Å². The molecule has 2 aromatic carbocycles. The fourth-order valence-electron chi connectivity index (χ4n) is 3.26. The SMILES string of the molecule is CN1c2ccccc2C(NCCCO)c2ccc(Cl)cc2S1(C)(=O)O. The highest BCUT2D eigenvalue weighted by Crippen LogP contribution is 2.47. The van der Waals surface area contributed by atoms with Crippen molar-refractivity contribution < 1.29 is 13.9 Å². The van der Waals surface area contributed by atoms with Crippen molar-refractivity contribution >= 4 is 26.8 Å². The third-order valence-electron chi connectivity index (χ3n) is 4.71. The van der Waals surface area contributed by atoms with Crippen LogP contribution in [0.5, 0.6) is 0 Å². The largest absolute Gasteiger partial charge is 0.396 e. The minimum atomic E-state index is -4.32. The normalized spacial score (nSPS) is 22.2. The predicted molar refractivity (Wildman–Crippen MR) is 103 cm³/mol. The maximum atomic E-state index is 13.7. The molecule has 0 saturated carbocycles. The molecule has 0 aliphatic carbocycles. The number of aliphatic hydroxyl groups is 1. The van der Waals surface area contributed by atoms with E-state index in [9.17, 15) is 8.76 Å². The second-order valence-corrected chi connectivity index (χ2v) is 10.3. The number of halogens is 1.